The Morgan fingerprint density at radius 1 is 1.22 bits per heavy atom. The number of benzene rings is 2. The van der Waals surface area contributed by atoms with Gasteiger partial charge in [-0.25, -0.2) is 4.79 Å². The molecule has 0 fully saturated rings. The summed E-state index contributed by atoms with van der Waals surface area (Å²) in [6.07, 6.45) is -0.288. The molecule has 0 bridgehead atoms. The van der Waals surface area contributed by atoms with E-state index in [-0.39, 0.29) is 17.5 Å². The fourth-order valence-electron chi connectivity index (χ4n) is 1.81. The Morgan fingerprint density at radius 2 is 1.96 bits per heavy atom. The molecular formula is C14H8ClN3O5. The van der Waals surface area contributed by atoms with Crippen molar-refractivity contribution in [3.8, 4) is 17.5 Å². The number of hydrogen-bond donors (Lipinski definition) is 0. The van der Waals surface area contributed by atoms with Gasteiger partial charge in [-0.15, -0.1) is 0 Å². The van der Waals surface area contributed by atoms with Crippen molar-refractivity contribution in [1.29, 1.82) is 0 Å². The molecule has 0 aliphatic heterocycles. The molecule has 0 unspecified atom stereocenters. The van der Waals surface area contributed by atoms with Gasteiger partial charge in [0.2, 0.25) is 0 Å². The first-order valence-corrected chi connectivity index (χ1v) is 6.69. The molecule has 116 valence electrons. The number of non-ortho nitro benzene ring substituents is 1. The molecule has 8 nitrogen and oxygen atoms in total. The second-order valence-electron chi connectivity index (χ2n) is 4.38. The van der Waals surface area contributed by atoms with Crippen LogP contribution in [0.5, 0.6) is 11.8 Å². The quantitative estimate of drug-likeness (QED) is 0.537. The molecule has 0 aliphatic rings. The van der Waals surface area contributed by atoms with E-state index < -0.39 is 10.7 Å². The first-order valence-electron chi connectivity index (χ1n) is 6.31. The standard InChI is InChI=1S/C14H8ClN3O5/c15-9-2-1-3-11(8-9)17-14(19)23-13(16-17)22-12-6-4-10(5-7-12)18(20)21/h1-8H. The number of hydrogen-bond acceptors (Lipinski definition) is 6. The molecule has 0 atom stereocenters. The number of aromatic nitrogens is 2. The topological polar surface area (TPSA) is 100 Å². The van der Waals surface area contributed by atoms with Crippen LogP contribution in [0.3, 0.4) is 0 Å². The Balaban J connectivity index is 1.86. The summed E-state index contributed by atoms with van der Waals surface area (Å²) in [5.74, 6) is -0.501. The predicted molar refractivity (Wildman–Crippen MR) is 80.3 cm³/mol. The molecular weight excluding hydrogens is 326 g/mol. The Hall–Kier alpha value is -3.13. The van der Waals surface area contributed by atoms with Crippen molar-refractivity contribution >= 4 is 17.3 Å². The molecule has 0 saturated carbocycles. The summed E-state index contributed by atoms with van der Waals surface area (Å²) in [4.78, 5) is 21.9. The normalized spacial score (nSPS) is 10.5. The highest BCUT2D eigenvalue weighted by Gasteiger charge is 2.13. The molecule has 0 N–H and O–H groups in total. The number of halogens is 1. The van der Waals surface area contributed by atoms with Crippen LogP contribution in [-0.4, -0.2) is 14.7 Å². The molecule has 0 saturated heterocycles. The van der Waals surface area contributed by atoms with Gasteiger partial charge in [-0.1, -0.05) is 22.8 Å². The fraction of sp³-hybridized carbons (Fsp3) is 0. The third kappa shape index (κ3) is 3.22. The zero-order chi connectivity index (χ0) is 16.4. The van der Waals surface area contributed by atoms with Gasteiger partial charge in [-0.3, -0.25) is 10.1 Å². The van der Waals surface area contributed by atoms with Crippen LogP contribution in [0.4, 0.5) is 5.69 Å². The first-order chi connectivity index (χ1) is 11.0. The predicted octanol–water partition coefficient (Wildman–Crippen LogP) is 3.18. The van der Waals surface area contributed by atoms with Gasteiger partial charge in [-0.05, 0) is 30.3 Å². The summed E-state index contributed by atoms with van der Waals surface area (Å²) in [5, 5.41) is 14.9. The fourth-order valence-corrected chi connectivity index (χ4v) is 1.99. The minimum atomic E-state index is -0.746. The van der Waals surface area contributed by atoms with Crippen molar-refractivity contribution < 1.29 is 14.1 Å². The van der Waals surface area contributed by atoms with E-state index in [1.165, 1.54) is 24.3 Å². The van der Waals surface area contributed by atoms with E-state index in [2.05, 4.69) is 5.10 Å². The van der Waals surface area contributed by atoms with Crippen LogP contribution in [0.1, 0.15) is 0 Å². The number of nitro groups is 1. The molecule has 0 aliphatic carbocycles. The number of nitrogens with zero attached hydrogens (tertiary/aromatic N) is 3. The van der Waals surface area contributed by atoms with Crippen LogP contribution < -0.4 is 10.5 Å². The lowest BCUT2D eigenvalue weighted by molar-refractivity contribution is -0.384. The zero-order valence-electron chi connectivity index (χ0n) is 11.4. The van der Waals surface area contributed by atoms with Crippen LogP contribution in [0, 0.1) is 10.1 Å². The van der Waals surface area contributed by atoms with E-state index in [9.17, 15) is 14.9 Å². The minimum Gasteiger partial charge on any atom is -0.410 e. The number of nitro benzene ring substituents is 1. The van der Waals surface area contributed by atoms with Gasteiger partial charge in [0, 0.05) is 17.2 Å². The summed E-state index contributed by atoms with van der Waals surface area (Å²) < 4.78 is 11.2. The van der Waals surface area contributed by atoms with Gasteiger partial charge in [0.15, 0.2) is 0 Å². The number of ether oxygens (including phenoxy) is 1. The van der Waals surface area contributed by atoms with E-state index in [0.29, 0.717) is 10.7 Å². The summed E-state index contributed by atoms with van der Waals surface area (Å²) in [7, 11) is 0. The van der Waals surface area contributed by atoms with Crippen molar-refractivity contribution in [2.24, 2.45) is 0 Å². The summed E-state index contributed by atoms with van der Waals surface area (Å²) in [6, 6.07) is 11.8. The molecule has 23 heavy (non-hydrogen) atoms. The van der Waals surface area contributed by atoms with Crippen molar-refractivity contribution in [2.75, 3.05) is 0 Å². The van der Waals surface area contributed by atoms with E-state index >= 15 is 0 Å². The maximum absolute atomic E-state index is 11.8. The van der Waals surface area contributed by atoms with E-state index in [1.807, 2.05) is 0 Å². The molecule has 0 spiro atoms. The highest BCUT2D eigenvalue weighted by Crippen LogP contribution is 2.22. The Bertz CT molecular complexity index is 917. The van der Waals surface area contributed by atoms with Gasteiger partial charge >= 0.3 is 11.8 Å². The minimum absolute atomic E-state index is 0.0803. The Morgan fingerprint density at radius 3 is 2.61 bits per heavy atom. The van der Waals surface area contributed by atoms with Gasteiger partial charge < -0.3 is 9.15 Å². The largest absolute Gasteiger partial charge is 0.444 e. The number of rotatable bonds is 4. The smallest absolute Gasteiger partial charge is 0.410 e. The van der Waals surface area contributed by atoms with Crippen molar-refractivity contribution in [3.05, 3.63) is 74.2 Å². The maximum Gasteiger partial charge on any atom is 0.444 e. The van der Waals surface area contributed by atoms with E-state index in [1.54, 1.807) is 24.3 Å². The highest BCUT2D eigenvalue weighted by molar-refractivity contribution is 6.30. The lowest BCUT2D eigenvalue weighted by atomic mass is 10.3. The van der Waals surface area contributed by atoms with Crippen LogP contribution >= 0.6 is 11.6 Å². The third-order valence-corrected chi connectivity index (χ3v) is 3.07. The van der Waals surface area contributed by atoms with E-state index in [4.69, 9.17) is 20.8 Å². The molecule has 1 heterocycles. The molecule has 0 amide bonds. The van der Waals surface area contributed by atoms with Crippen LogP contribution in [0.15, 0.2) is 57.7 Å². The van der Waals surface area contributed by atoms with Gasteiger partial charge in [0.1, 0.15) is 5.75 Å². The molecule has 3 rings (SSSR count). The molecule has 1 aromatic heterocycles. The SMILES string of the molecule is O=c1oc(Oc2ccc([N+](=O)[O-])cc2)nn1-c1cccc(Cl)c1. The third-order valence-electron chi connectivity index (χ3n) is 2.83. The molecule has 9 heteroatoms. The van der Waals surface area contributed by atoms with Crippen LogP contribution in [-0.2, 0) is 0 Å². The molecule has 2 aromatic carbocycles. The Labute approximate surface area is 133 Å². The molecule has 3 aromatic rings. The summed E-state index contributed by atoms with van der Waals surface area (Å²) >= 11 is 5.86. The van der Waals surface area contributed by atoms with Gasteiger partial charge in [0.25, 0.3) is 5.69 Å². The lowest BCUT2D eigenvalue weighted by Crippen LogP contribution is -2.13. The zero-order valence-corrected chi connectivity index (χ0v) is 12.1. The van der Waals surface area contributed by atoms with Crippen molar-refractivity contribution in [2.45, 2.75) is 0 Å². The monoisotopic (exact) mass is 333 g/mol. The second kappa shape index (κ2) is 5.93. The average Bonchev–Trinajstić information content (AvgIpc) is 2.88. The van der Waals surface area contributed by atoms with Gasteiger partial charge in [-0.2, -0.15) is 4.68 Å². The summed E-state index contributed by atoms with van der Waals surface area (Å²) in [5.41, 5.74) is 0.341. The summed E-state index contributed by atoms with van der Waals surface area (Å²) in [6.45, 7) is 0. The maximum atomic E-state index is 11.8. The molecule has 0 radical (unpaired) electrons. The second-order valence-corrected chi connectivity index (χ2v) is 4.82. The first kappa shape index (κ1) is 14.8. The highest BCUT2D eigenvalue weighted by atomic mass is 35.5. The van der Waals surface area contributed by atoms with Crippen LogP contribution in [0.2, 0.25) is 5.02 Å². The lowest BCUT2D eigenvalue weighted by Gasteiger charge is -1.99. The van der Waals surface area contributed by atoms with Crippen molar-refractivity contribution in [3.63, 3.8) is 0 Å². The van der Waals surface area contributed by atoms with Gasteiger partial charge in [0.05, 0.1) is 10.6 Å². The average molecular weight is 334 g/mol. The Kier molecular flexibility index (Phi) is 3.82. The van der Waals surface area contributed by atoms with Crippen LogP contribution in [0.25, 0.3) is 5.69 Å². The van der Waals surface area contributed by atoms with E-state index in [0.717, 1.165) is 4.68 Å². The van der Waals surface area contributed by atoms with Crippen molar-refractivity contribution in [1.82, 2.24) is 9.78 Å².